The molecule has 0 radical (unpaired) electrons. The van der Waals surface area contributed by atoms with Crippen molar-refractivity contribution in [2.45, 2.75) is 37.2 Å². The quantitative estimate of drug-likeness (QED) is 0.790. The fourth-order valence-corrected chi connectivity index (χ4v) is 4.53. The molecule has 0 saturated carbocycles. The van der Waals surface area contributed by atoms with Crippen molar-refractivity contribution in [1.29, 1.82) is 0 Å². The highest BCUT2D eigenvalue weighted by molar-refractivity contribution is 5.86. The van der Waals surface area contributed by atoms with E-state index >= 15 is 0 Å². The predicted molar refractivity (Wildman–Crippen MR) is 107 cm³/mol. The highest BCUT2D eigenvalue weighted by atomic mass is 16.5. The van der Waals surface area contributed by atoms with Gasteiger partial charge in [-0.1, -0.05) is 12.1 Å². The largest absolute Gasteiger partial charge is 0.383 e. The number of amides is 1. The number of likely N-dealkylation sites (tertiary alicyclic amines) is 2. The van der Waals surface area contributed by atoms with Crippen LogP contribution < -0.4 is 0 Å². The van der Waals surface area contributed by atoms with E-state index in [0.29, 0.717) is 38.6 Å². The van der Waals surface area contributed by atoms with Crippen LogP contribution in [0.4, 0.5) is 0 Å². The molecular formula is C21H30N4O3. The fourth-order valence-electron chi connectivity index (χ4n) is 4.53. The van der Waals surface area contributed by atoms with Gasteiger partial charge in [0.2, 0.25) is 0 Å². The molecule has 1 aromatic heterocycles. The van der Waals surface area contributed by atoms with Gasteiger partial charge in [0.05, 0.1) is 17.6 Å². The number of nitrogens with one attached hydrogen (secondary N) is 1. The standard InChI is InChI=1S/C21H30N4O3/c1-28-14-13-25-10-4-9-21(27,20(25)26)15-24-11-7-16(8-12-24)19-22-17-5-2-3-6-18(17)23-19/h2-3,5-6,16,27H,4,7-15H2,1H3,(H,22,23)/t21-/m1/s1. The lowest BCUT2D eigenvalue weighted by Crippen LogP contribution is -2.59. The molecule has 7 heteroatoms. The first-order valence-electron chi connectivity index (χ1n) is 10.3. The van der Waals surface area contributed by atoms with Crippen molar-refractivity contribution in [1.82, 2.24) is 19.8 Å². The fraction of sp³-hybridized carbons (Fsp3) is 0.619. The van der Waals surface area contributed by atoms with Gasteiger partial charge in [-0.05, 0) is 50.9 Å². The Bertz CT molecular complexity index is 782. The second-order valence-corrected chi connectivity index (χ2v) is 8.11. The zero-order chi connectivity index (χ0) is 19.6. The monoisotopic (exact) mass is 386 g/mol. The Morgan fingerprint density at radius 1 is 1.29 bits per heavy atom. The molecule has 0 spiro atoms. The lowest BCUT2D eigenvalue weighted by atomic mass is 9.89. The topological polar surface area (TPSA) is 81.7 Å². The molecule has 2 aliphatic heterocycles. The van der Waals surface area contributed by atoms with Crippen molar-refractivity contribution in [3.63, 3.8) is 0 Å². The molecule has 0 bridgehead atoms. The predicted octanol–water partition coefficient (Wildman–Crippen LogP) is 1.74. The summed E-state index contributed by atoms with van der Waals surface area (Å²) < 4.78 is 5.09. The number of benzene rings is 1. The number of H-pyrrole nitrogens is 1. The van der Waals surface area contributed by atoms with Crippen LogP contribution in [-0.4, -0.2) is 82.8 Å². The average Bonchev–Trinajstić information content (AvgIpc) is 3.14. The molecule has 0 unspecified atom stereocenters. The number of fused-ring (bicyclic) bond motifs is 1. The van der Waals surface area contributed by atoms with Gasteiger partial charge in [0, 0.05) is 32.7 Å². The van der Waals surface area contributed by atoms with Crippen LogP contribution in [0.25, 0.3) is 11.0 Å². The van der Waals surface area contributed by atoms with Crippen molar-refractivity contribution in [2.75, 3.05) is 46.4 Å². The second-order valence-electron chi connectivity index (χ2n) is 8.11. The highest BCUT2D eigenvalue weighted by Gasteiger charge is 2.43. The van der Waals surface area contributed by atoms with E-state index in [0.717, 1.165) is 49.2 Å². The number of hydrogen-bond donors (Lipinski definition) is 2. The zero-order valence-corrected chi connectivity index (χ0v) is 16.6. The van der Waals surface area contributed by atoms with Gasteiger partial charge < -0.3 is 19.7 Å². The van der Waals surface area contributed by atoms with Crippen molar-refractivity contribution in [2.24, 2.45) is 0 Å². The number of ether oxygens (including phenoxy) is 1. The first-order valence-corrected chi connectivity index (χ1v) is 10.3. The summed E-state index contributed by atoms with van der Waals surface area (Å²) in [5.41, 5.74) is 0.828. The van der Waals surface area contributed by atoms with E-state index in [1.807, 2.05) is 18.2 Å². The highest BCUT2D eigenvalue weighted by Crippen LogP contribution is 2.30. The number of rotatable bonds is 6. The lowest BCUT2D eigenvalue weighted by molar-refractivity contribution is -0.160. The molecule has 0 aliphatic carbocycles. The van der Waals surface area contributed by atoms with Crippen LogP contribution in [0.5, 0.6) is 0 Å². The maximum absolute atomic E-state index is 12.8. The molecule has 2 fully saturated rings. The van der Waals surface area contributed by atoms with E-state index in [2.05, 4.69) is 16.0 Å². The Labute approximate surface area is 165 Å². The third-order valence-corrected chi connectivity index (χ3v) is 6.14. The number of methoxy groups -OCH3 is 1. The normalized spacial score (nSPS) is 24.9. The Morgan fingerprint density at radius 2 is 2.07 bits per heavy atom. The third-order valence-electron chi connectivity index (χ3n) is 6.14. The summed E-state index contributed by atoms with van der Waals surface area (Å²) >= 11 is 0. The minimum absolute atomic E-state index is 0.143. The van der Waals surface area contributed by atoms with E-state index in [1.54, 1.807) is 12.0 Å². The number of aromatic nitrogens is 2. The number of hydrogen-bond acceptors (Lipinski definition) is 5. The van der Waals surface area contributed by atoms with Gasteiger partial charge in [-0.3, -0.25) is 9.69 Å². The van der Waals surface area contributed by atoms with Crippen LogP contribution in [-0.2, 0) is 9.53 Å². The number of β-amino-alcohol motifs (C(OH)–C–C–N with tert-alkyl or cyclic N) is 1. The van der Waals surface area contributed by atoms with E-state index < -0.39 is 5.60 Å². The summed E-state index contributed by atoms with van der Waals surface area (Å²) in [5, 5.41) is 11.0. The molecular weight excluding hydrogens is 356 g/mol. The number of nitrogens with zero attached hydrogens (tertiary/aromatic N) is 3. The zero-order valence-electron chi connectivity index (χ0n) is 16.6. The van der Waals surface area contributed by atoms with Gasteiger partial charge in [-0.25, -0.2) is 4.98 Å². The number of carbonyl (C=O) groups excluding carboxylic acids is 1. The third kappa shape index (κ3) is 3.92. The smallest absolute Gasteiger partial charge is 0.255 e. The molecule has 28 heavy (non-hydrogen) atoms. The summed E-state index contributed by atoms with van der Waals surface area (Å²) in [6, 6.07) is 8.11. The molecule has 1 atom stereocenters. The maximum Gasteiger partial charge on any atom is 0.255 e. The van der Waals surface area contributed by atoms with Gasteiger partial charge in [-0.2, -0.15) is 0 Å². The van der Waals surface area contributed by atoms with Crippen molar-refractivity contribution >= 4 is 16.9 Å². The van der Waals surface area contributed by atoms with E-state index in [4.69, 9.17) is 9.72 Å². The van der Waals surface area contributed by atoms with Gasteiger partial charge in [0.25, 0.3) is 5.91 Å². The van der Waals surface area contributed by atoms with E-state index in [9.17, 15) is 9.90 Å². The van der Waals surface area contributed by atoms with Crippen molar-refractivity contribution in [3.8, 4) is 0 Å². The van der Waals surface area contributed by atoms with Gasteiger partial charge >= 0.3 is 0 Å². The Kier molecular flexibility index (Phi) is 5.66. The van der Waals surface area contributed by atoms with Crippen LogP contribution >= 0.6 is 0 Å². The first-order chi connectivity index (χ1) is 13.6. The Balaban J connectivity index is 1.35. The van der Waals surface area contributed by atoms with Crippen molar-refractivity contribution in [3.05, 3.63) is 30.1 Å². The van der Waals surface area contributed by atoms with Crippen LogP contribution in [0.1, 0.15) is 37.4 Å². The molecule has 4 rings (SSSR count). The Morgan fingerprint density at radius 3 is 2.82 bits per heavy atom. The van der Waals surface area contributed by atoms with Crippen LogP contribution in [0, 0.1) is 0 Å². The molecule has 2 aromatic rings. The SMILES string of the molecule is COCCN1CCC[C@@](O)(CN2CCC(c3nc4ccccc4[nH]3)CC2)C1=O. The minimum Gasteiger partial charge on any atom is -0.383 e. The van der Waals surface area contributed by atoms with Gasteiger partial charge in [0.15, 0.2) is 5.60 Å². The number of aromatic amines is 1. The van der Waals surface area contributed by atoms with Crippen LogP contribution in [0.2, 0.25) is 0 Å². The number of carbonyl (C=O) groups is 1. The number of imidazole rings is 1. The van der Waals surface area contributed by atoms with Gasteiger partial charge in [0.1, 0.15) is 5.82 Å². The summed E-state index contributed by atoms with van der Waals surface area (Å²) in [6.07, 6.45) is 3.34. The summed E-state index contributed by atoms with van der Waals surface area (Å²) in [5.74, 6) is 1.31. The summed E-state index contributed by atoms with van der Waals surface area (Å²) in [7, 11) is 1.63. The molecule has 1 amide bonds. The molecule has 2 saturated heterocycles. The first kappa shape index (κ1) is 19.4. The van der Waals surface area contributed by atoms with E-state index in [-0.39, 0.29) is 5.91 Å². The molecule has 2 aliphatic rings. The molecule has 2 N–H and O–H groups in total. The summed E-state index contributed by atoms with van der Waals surface area (Å²) in [6.45, 7) is 3.92. The van der Waals surface area contributed by atoms with Crippen molar-refractivity contribution < 1.29 is 14.6 Å². The molecule has 152 valence electrons. The Hall–Kier alpha value is -1.96. The average molecular weight is 386 g/mol. The molecule has 7 nitrogen and oxygen atoms in total. The molecule has 3 heterocycles. The van der Waals surface area contributed by atoms with Gasteiger partial charge in [-0.15, -0.1) is 0 Å². The minimum atomic E-state index is -1.27. The second kappa shape index (κ2) is 8.19. The van der Waals surface area contributed by atoms with Crippen LogP contribution in [0.3, 0.4) is 0 Å². The number of para-hydroxylation sites is 2. The summed E-state index contributed by atoms with van der Waals surface area (Å²) in [4.78, 5) is 25.0. The van der Waals surface area contributed by atoms with E-state index in [1.165, 1.54) is 0 Å². The van der Waals surface area contributed by atoms with Crippen LogP contribution in [0.15, 0.2) is 24.3 Å². The maximum atomic E-state index is 12.8. The number of piperidine rings is 2. The lowest BCUT2D eigenvalue weighted by Gasteiger charge is -2.42. The molecule has 1 aromatic carbocycles. The number of aliphatic hydroxyl groups is 1.